The lowest BCUT2D eigenvalue weighted by molar-refractivity contribution is 0.0533. The van der Waals surface area contributed by atoms with Gasteiger partial charge in [0.25, 0.3) is 11.8 Å². The van der Waals surface area contributed by atoms with Crippen molar-refractivity contribution in [3.8, 4) is 34.0 Å². The van der Waals surface area contributed by atoms with Crippen molar-refractivity contribution < 1.29 is 23.5 Å². The van der Waals surface area contributed by atoms with Gasteiger partial charge in [-0.15, -0.1) is 0 Å². The minimum atomic E-state index is -0.357. The third kappa shape index (κ3) is 6.35. The number of methoxy groups -OCH3 is 2. The molecule has 49 heavy (non-hydrogen) atoms. The zero-order valence-electron chi connectivity index (χ0n) is 26.8. The lowest BCUT2D eigenvalue weighted by atomic mass is 10.1. The number of anilines is 2. The number of hydrogen-bond donors (Lipinski definition) is 1. The number of amides is 2. The van der Waals surface area contributed by atoms with E-state index in [0.29, 0.717) is 66.1 Å². The van der Waals surface area contributed by atoms with E-state index in [9.17, 15) is 14.0 Å². The number of nitrogens with zero attached hydrogens (tertiary/aromatic N) is 6. The fourth-order valence-electron chi connectivity index (χ4n) is 5.83. The molecule has 11 nitrogen and oxygen atoms in total. The standard InChI is InChI=1S/C37H32FN7O4/c1-48-32-15-10-25(21-33(32)49-2)31-22-30(41-34-23-29(42-45(31)34)24-7-4-3-5-8-24)37(47)44-19-17-43(18-20-44)36(46)28-9-6-16-39-35(28)40-27-13-11-26(38)12-14-27/h3-16,21-23H,17-20H2,1-2H3,(H,39,40). The van der Waals surface area contributed by atoms with Gasteiger partial charge >= 0.3 is 0 Å². The fraction of sp³-hybridized carbons (Fsp3) is 0.162. The maximum atomic E-state index is 14.0. The molecular formula is C37H32FN7O4. The Hall–Kier alpha value is -6.30. The average Bonchev–Trinajstić information content (AvgIpc) is 3.60. The molecule has 2 amide bonds. The highest BCUT2D eigenvalue weighted by Gasteiger charge is 2.28. The van der Waals surface area contributed by atoms with Crippen LogP contribution < -0.4 is 14.8 Å². The molecule has 4 heterocycles. The SMILES string of the molecule is COc1ccc(-c2cc(C(=O)N3CCN(C(=O)c4cccnc4Nc4ccc(F)cc4)CC3)nc3cc(-c4ccccc4)nn23)cc1OC. The second kappa shape index (κ2) is 13.4. The molecule has 1 N–H and O–H groups in total. The summed E-state index contributed by atoms with van der Waals surface area (Å²) in [6, 6.07) is 28.1. The number of ether oxygens (including phenoxy) is 2. The number of piperazine rings is 1. The Kier molecular flexibility index (Phi) is 8.58. The largest absolute Gasteiger partial charge is 0.493 e. The van der Waals surface area contributed by atoms with Crippen LogP contribution in [0.25, 0.3) is 28.2 Å². The van der Waals surface area contributed by atoms with Crippen molar-refractivity contribution in [3.63, 3.8) is 0 Å². The Morgan fingerprint density at radius 3 is 2.18 bits per heavy atom. The molecule has 0 radical (unpaired) electrons. The summed E-state index contributed by atoms with van der Waals surface area (Å²) < 4.78 is 26.1. The number of nitrogens with one attached hydrogen (secondary N) is 1. The molecule has 3 aromatic heterocycles. The number of hydrogen-bond acceptors (Lipinski definition) is 8. The van der Waals surface area contributed by atoms with E-state index in [1.807, 2.05) is 54.6 Å². The number of pyridine rings is 1. The summed E-state index contributed by atoms with van der Waals surface area (Å²) in [5, 5.41) is 7.96. The minimum Gasteiger partial charge on any atom is -0.493 e. The van der Waals surface area contributed by atoms with E-state index in [2.05, 4.69) is 10.3 Å². The van der Waals surface area contributed by atoms with Gasteiger partial charge in [0.15, 0.2) is 17.1 Å². The maximum Gasteiger partial charge on any atom is 0.272 e. The van der Waals surface area contributed by atoms with Crippen LogP contribution >= 0.6 is 0 Å². The molecule has 3 aromatic carbocycles. The highest BCUT2D eigenvalue weighted by atomic mass is 19.1. The molecule has 0 saturated carbocycles. The zero-order valence-corrected chi connectivity index (χ0v) is 26.8. The smallest absolute Gasteiger partial charge is 0.272 e. The molecule has 0 unspecified atom stereocenters. The second-order valence-corrected chi connectivity index (χ2v) is 11.4. The van der Waals surface area contributed by atoms with Crippen LogP contribution in [0.3, 0.4) is 0 Å². The molecule has 1 saturated heterocycles. The molecule has 246 valence electrons. The summed E-state index contributed by atoms with van der Waals surface area (Å²) in [5.74, 6) is 0.666. The van der Waals surface area contributed by atoms with Crippen LogP contribution in [0.2, 0.25) is 0 Å². The Balaban J connectivity index is 1.14. The van der Waals surface area contributed by atoms with Gasteiger partial charge in [-0.3, -0.25) is 9.59 Å². The van der Waals surface area contributed by atoms with E-state index < -0.39 is 0 Å². The molecule has 0 aliphatic carbocycles. The van der Waals surface area contributed by atoms with E-state index in [1.165, 1.54) is 12.1 Å². The number of benzene rings is 3. The number of fused-ring (bicyclic) bond motifs is 1. The molecule has 0 bridgehead atoms. The van der Waals surface area contributed by atoms with Gasteiger partial charge in [-0.05, 0) is 60.7 Å². The van der Waals surface area contributed by atoms with Crippen LogP contribution in [0, 0.1) is 5.82 Å². The third-order valence-electron chi connectivity index (χ3n) is 8.39. The summed E-state index contributed by atoms with van der Waals surface area (Å²) in [7, 11) is 3.15. The predicted octanol–water partition coefficient (Wildman–Crippen LogP) is 5.96. The zero-order chi connectivity index (χ0) is 33.9. The second-order valence-electron chi connectivity index (χ2n) is 11.4. The summed E-state index contributed by atoms with van der Waals surface area (Å²) in [6.07, 6.45) is 1.59. The third-order valence-corrected chi connectivity index (χ3v) is 8.39. The normalized spacial score (nSPS) is 13.0. The first kappa shape index (κ1) is 31.3. The van der Waals surface area contributed by atoms with Crippen molar-refractivity contribution in [2.75, 3.05) is 45.7 Å². The highest BCUT2D eigenvalue weighted by molar-refractivity contribution is 6.00. The predicted molar refractivity (Wildman–Crippen MR) is 183 cm³/mol. The van der Waals surface area contributed by atoms with Crippen molar-refractivity contribution in [3.05, 3.63) is 120 Å². The Morgan fingerprint density at radius 2 is 1.47 bits per heavy atom. The van der Waals surface area contributed by atoms with Gasteiger partial charge < -0.3 is 24.6 Å². The first-order valence-electron chi connectivity index (χ1n) is 15.7. The summed E-state index contributed by atoms with van der Waals surface area (Å²) in [4.78, 5) is 40.1. The number of rotatable bonds is 8. The first-order valence-corrected chi connectivity index (χ1v) is 15.7. The van der Waals surface area contributed by atoms with Gasteiger partial charge in [-0.2, -0.15) is 5.10 Å². The Labute approximate surface area is 281 Å². The minimum absolute atomic E-state index is 0.215. The van der Waals surface area contributed by atoms with Crippen LogP contribution in [0.4, 0.5) is 15.9 Å². The van der Waals surface area contributed by atoms with Crippen LogP contribution in [-0.4, -0.2) is 81.6 Å². The van der Waals surface area contributed by atoms with Crippen molar-refractivity contribution in [1.82, 2.24) is 29.4 Å². The van der Waals surface area contributed by atoms with Gasteiger partial charge in [-0.25, -0.2) is 18.9 Å². The summed E-state index contributed by atoms with van der Waals surface area (Å²) in [6.45, 7) is 1.29. The van der Waals surface area contributed by atoms with E-state index in [1.54, 1.807) is 65.1 Å². The summed E-state index contributed by atoms with van der Waals surface area (Å²) >= 11 is 0. The van der Waals surface area contributed by atoms with E-state index >= 15 is 0 Å². The Morgan fingerprint density at radius 1 is 0.755 bits per heavy atom. The molecule has 12 heteroatoms. The van der Waals surface area contributed by atoms with E-state index in [0.717, 1.165) is 16.8 Å². The number of aromatic nitrogens is 4. The number of carbonyl (C=O) groups excluding carboxylic acids is 2. The topological polar surface area (TPSA) is 114 Å². The molecule has 6 aromatic rings. The highest BCUT2D eigenvalue weighted by Crippen LogP contribution is 2.33. The average molecular weight is 658 g/mol. The van der Waals surface area contributed by atoms with E-state index in [-0.39, 0.29) is 23.3 Å². The van der Waals surface area contributed by atoms with Crippen LogP contribution in [-0.2, 0) is 0 Å². The number of carbonyl (C=O) groups is 2. The molecule has 1 aliphatic heterocycles. The fourth-order valence-corrected chi connectivity index (χ4v) is 5.83. The molecule has 7 rings (SSSR count). The van der Waals surface area contributed by atoms with Gasteiger partial charge in [0.05, 0.1) is 31.2 Å². The molecule has 1 fully saturated rings. The van der Waals surface area contributed by atoms with Gasteiger partial charge in [-0.1, -0.05) is 30.3 Å². The monoisotopic (exact) mass is 657 g/mol. The Bertz CT molecular complexity index is 2150. The number of halogens is 1. The van der Waals surface area contributed by atoms with Gasteiger partial charge in [0.2, 0.25) is 0 Å². The molecule has 0 spiro atoms. The van der Waals surface area contributed by atoms with Crippen molar-refractivity contribution in [2.45, 2.75) is 0 Å². The van der Waals surface area contributed by atoms with Crippen LogP contribution in [0.1, 0.15) is 20.8 Å². The van der Waals surface area contributed by atoms with Crippen LogP contribution in [0.5, 0.6) is 11.5 Å². The first-order chi connectivity index (χ1) is 23.9. The van der Waals surface area contributed by atoms with Gasteiger partial charge in [0.1, 0.15) is 17.3 Å². The lowest BCUT2D eigenvalue weighted by Gasteiger charge is -2.35. The molecule has 0 atom stereocenters. The summed E-state index contributed by atoms with van der Waals surface area (Å²) in [5.41, 5.74) is 4.82. The van der Waals surface area contributed by atoms with Crippen molar-refractivity contribution in [1.29, 1.82) is 0 Å². The van der Waals surface area contributed by atoms with Crippen molar-refractivity contribution >= 4 is 29.0 Å². The molecule has 1 aliphatic rings. The van der Waals surface area contributed by atoms with Crippen molar-refractivity contribution in [2.24, 2.45) is 0 Å². The molecular weight excluding hydrogens is 625 g/mol. The lowest BCUT2D eigenvalue weighted by Crippen LogP contribution is -2.50. The van der Waals surface area contributed by atoms with Crippen LogP contribution in [0.15, 0.2) is 103 Å². The quantitative estimate of drug-likeness (QED) is 0.214. The van der Waals surface area contributed by atoms with E-state index in [4.69, 9.17) is 19.6 Å². The maximum absolute atomic E-state index is 14.0. The van der Waals surface area contributed by atoms with Gasteiger partial charge in [0, 0.05) is 55.3 Å².